The van der Waals surface area contributed by atoms with E-state index in [1.807, 2.05) is 24.3 Å². The molecule has 3 aromatic carbocycles. The Morgan fingerprint density at radius 3 is 2.43 bits per heavy atom. The average Bonchev–Trinajstić information content (AvgIpc) is 2.71. The van der Waals surface area contributed by atoms with E-state index in [2.05, 4.69) is 31.2 Å². The first kappa shape index (κ1) is 21.8. The lowest BCUT2D eigenvalue weighted by atomic mass is 10.2. The zero-order valence-corrected chi connectivity index (χ0v) is 18.3. The monoisotopic (exact) mass is 508 g/mol. The van der Waals surface area contributed by atoms with Crippen LogP contribution in [0.25, 0.3) is 0 Å². The quantitative estimate of drug-likeness (QED) is 0.256. The van der Waals surface area contributed by atoms with Crippen molar-refractivity contribution in [1.82, 2.24) is 0 Å². The lowest BCUT2D eigenvalue weighted by Crippen LogP contribution is -2.13. The number of rotatable bonds is 7. The van der Waals surface area contributed by atoms with Crippen LogP contribution in [0.3, 0.4) is 0 Å². The highest BCUT2D eigenvalue weighted by Crippen LogP contribution is 2.29. The second-order valence-corrected chi connectivity index (χ2v) is 8.91. The second kappa shape index (κ2) is 9.24. The minimum Gasteiger partial charge on any atom is -0.280 e. The lowest BCUT2D eigenvalue weighted by molar-refractivity contribution is -0.384. The molecule has 0 bridgehead atoms. The second-order valence-electron chi connectivity index (χ2n) is 5.94. The Balaban J connectivity index is 1.85. The molecule has 0 saturated carbocycles. The molecule has 0 amide bonds. The number of hydrazone groups is 1. The van der Waals surface area contributed by atoms with Gasteiger partial charge in [0.15, 0.2) is 0 Å². The smallest absolute Gasteiger partial charge is 0.280 e. The van der Waals surface area contributed by atoms with Crippen molar-refractivity contribution in [2.45, 2.75) is 4.90 Å². The van der Waals surface area contributed by atoms with Gasteiger partial charge in [-0.05, 0) is 42.5 Å². The highest BCUT2D eigenvalue weighted by atomic mass is 79.9. The molecule has 0 saturated heterocycles. The summed E-state index contributed by atoms with van der Waals surface area (Å²) >= 11 is 9.16. The Bertz CT molecular complexity index is 1220. The van der Waals surface area contributed by atoms with E-state index in [4.69, 9.17) is 11.6 Å². The summed E-state index contributed by atoms with van der Waals surface area (Å²) in [5, 5.41) is 15.9. The van der Waals surface area contributed by atoms with Gasteiger partial charge in [0.1, 0.15) is 5.69 Å². The Labute approximate surface area is 185 Å². The Hall–Kier alpha value is -2.95. The summed E-state index contributed by atoms with van der Waals surface area (Å²) in [6, 6.07) is 16.8. The maximum absolute atomic E-state index is 12.6. The molecule has 0 aromatic heterocycles. The van der Waals surface area contributed by atoms with Crippen LogP contribution in [-0.2, 0) is 10.0 Å². The average molecular weight is 510 g/mol. The zero-order chi connectivity index (χ0) is 21.7. The number of hydrogen-bond donors (Lipinski definition) is 2. The third kappa shape index (κ3) is 5.35. The highest BCUT2D eigenvalue weighted by molar-refractivity contribution is 9.10. The van der Waals surface area contributed by atoms with E-state index < -0.39 is 20.6 Å². The third-order valence-corrected chi connectivity index (χ3v) is 6.22. The molecule has 3 rings (SSSR count). The molecule has 0 atom stereocenters. The van der Waals surface area contributed by atoms with Gasteiger partial charge < -0.3 is 0 Å². The number of nitrogens with zero attached hydrogens (tertiary/aromatic N) is 2. The van der Waals surface area contributed by atoms with Crippen LogP contribution in [0, 0.1) is 10.1 Å². The number of nitro groups is 1. The van der Waals surface area contributed by atoms with E-state index in [0.29, 0.717) is 5.02 Å². The Morgan fingerprint density at radius 2 is 1.77 bits per heavy atom. The van der Waals surface area contributed by atoms with Crippen LogP contribution in [0.2, 0.25) is 5.02 Å². The number of nitro benzene ring substituents is 1. The van der Waals surface area contributed by atoms with Crippen LogP contribution in [0.5, 0.6) is 0 Å². The molecule has 3 aromatic rings. The molecule has 0 spiro atoms. The molecule has 0 fully saturated rings. The molecule has 0 aliphatic rings. The van der Waals surface area contributed by atoms with Gasteiger partial charge in [-0.1, -0.05) is 45.7 Å². The maximum Gasteiger partial charge on any atom is 0.295 e. The summed E-state index contributed by atoms with van der Waals surface area (Å²) in [7, 11) is -4.04. The molecule has 0 unspecified atom stereocenters. The molecule has 154 valence electrons. The molecular weight excluding hydrogens is 496 g/mol. The molecular formula is C19H14BrClN4O4S. The first-order chi connectivity index (χ1) is 14.3. The SMILES string of the molecule is O=[N+]([O-])c1cc(S(=O)(=O)Nc2ccc(Cl)cc2)ccc1NN=Cc1ccccc1Br. The molecule has 11 heteroatoms. The predicted octanol–water partition coefficient (Wildman–Crippen LogP) is 5.26. The van der Waals surface area contributed by atoms with Crippen molar-refractivity contribution >= 4 is 60.8 Å². The summed E-state index contributed by atoms with van der Waals surface area (Å²) in [5.74, 6) is 0. The number of hydrogen-bond acceptors (Lipinski definition) is 6. The van der Waals surface area contributed by atoms with Gasteiger partial charge in [-0.25, -0.2) is 8.42 Å². The first-order valence-corrected chi connectivity index (χ1v) is 11.0. The van der Waals surface area contributed by atoms with Gasteiger partial charge in [0.2, 0.25) is 0 Å². The van der Waals surface area contributed by atoms with Crippen molar-refractivity contribution < 1.29 is 13.3 Å². The molecule has 8 nitrogen and oxygen atoms in total. The minimum atomic E-state index is -4.04. The first-order valence-electron chi connectivity index (χ1n) is 8.37. The number of halogens is 2. The summed E-state index contributed by atoms with van der Waals surface area (Å²) in [6.07, 6.45) is 1.49. The van der Waals surface area contributed by atoms with E-state index in [1.54, 1.807) is 0 Å². The van der Waals surface area contributed by atoms with Gasteiger partial charge in [0.25, 0.3) is 15.7 Å². The minimum absolute atomic E-state index is 0.0498. The van der Waals surface area contributed by atoms with Crippen LogP contribution >= 0.6 is 27.5 Å². The number of anilines is 2. The van der Waals surface area contributed by atoms with E-state index in [0.717, 1.165) is 16.1 Å². The van der Waals surface area contributed by atoms with Crippen molar-refractivity contribution in [3.8, 4) is 0 Å². The molecule has 30 heavy (non-hydrogen) atoms. The van der Waals surface area contributed by atoms with Crippen LogP contribution < -0.4 is 10.1 Å². The van der Waals surface area contributed by atoms with Gasteiger partial charge >= 0.3 is 0 Å². The zero-order valence-electron chi connectivity index (χ0n) is 15.1. The molecule has 2 N–H and O–H groups in total. The summed E-state index contributed by atoms with van der Waals surface area (Å²) in [4.78, 5) is 10.5. The summed E-state index contributed by atoms with van der Waals surface area (Å²) in [5.41, 5.74) is 3.24. The van der Waals surface area contributed by atoms with Crippen LogP contribution in [-0.4, -0.2) is 19.6 Å². The normalized spacial score (nSPS) is 11.4. The van der Waals surface area contributed by atoms with Crippen molar-refractivity contribution in [3.63, 3.8) is 0 Å². The fourth-order valence-corrected chi connectivity index (χ4v) is 4.00. The van der Waals surface area contributed by atoms with Crippen molar-refractivity contribution in [1.29, 1.82) is 0 Å². The third-order valence-electron chi connectivity index (χ3n) is 3.87. The molecule has 0 heterocycles. The largest absolute Gasteiger partial charge is 0.295 e. The van der Waals surface area contributed by atoms with E-state index >= 15 is 0 Å². The van der Waals surface area contributed by atoms with E-state index in [9.17, 15) is 18.5 Å². The van der Waals surface area contributed by atoms with Crippen molar-refractivity contribution in [2.75, 3.05) is 10.1 Å². The van der Waals surface area contributed by atoms with Gasteiger partial charge in [-0.3, -0.25) is 20.3 Å². The number of benzene rings is 3. The summed E-state index contributed by atoms with van der Waals surface area (Å²) < 4.78 is 28.3. The lowest BCUT2D eigenvalue weighted by Gasteiger charge is -2.09. The van der Waals surface area contributed by atoms with Gasteiger partial charge in [0.05, 0.1) is 16.0 Å². The maximum atomic E-state index is 12.6. The fraction of sp³-hybridized carbons (Fsp3) is 0. The van der Waals surface area contributed by atoms with E-state index in [-0.39, 0.29) is 16.3 Å². The predicted molar refractivity (Wildman–Crippen MR) is 121 cm³/mol. The summed E-state index contributed by atoms with van der Waals surface area (Å²) in [6.45, 7) is 0. The standard InChI is InChI=1S/C19H14BrClN4O4S/c20-17-4-2-1-3-13(17)12-22-23-18-10-9-16(11-19(18)25(26)27)30(28,29)24-15-7-5-14(21)6-8-15/h1-12,23-24H. The number of sulfonamides is 1. The highest BCUT2D eigenvalue weighted by Gasteiger charge is 2.21. The van der Waals surface area contributed by atoms with Crippen molar-refractivity contribution in [3.05, 3.63) is 91.9 Å². The fourth-order valence-electron chi connectivity index (χ4n) is 2.41. The van der Waals surface area contributed by atoms with Gasteiger partial charge in [-0.15, -0.1) is 0 Å². The Kier molecular flexibility index (Phi) is 6.70. The van der Waals surface area contributed by atoms with Crippen LogP contribution in [0.15, 0.2) is 81.2 Å². The van der Waals surface area contributed by atoms with Crippen molar-refractivity contribution in [2.24, 2.45) is 5.10 Å². The van der Waals surface area contributed by atoms with E-state index in [1.165, 1.54) is 42.6 Å². The molecule has 0 aliphatic carbocycles. The van der Waals surface area contributed by atoms with Crippen LogP contribution in [0.4, 0.5) is 17.1 Å². The topological polar surface area (TPSA) is 114 Å². The molecule has 0 aliphatic heterocycles. The van der Waals surface area contributed by atoms with Gasteiger partial charge in [-0.2, -0.15) is 5.10 Å². The Morgan fingerprint density at radius 1 is 1.07 bits per heavy atom. The van der Waals surface area contributed by atoms with Crippen LogP contribution in [0.1, 0.15) is 5.56 Å². The van der Waals surface area contributed by atoms with Gasteiger partial charge in [0, 0.05) is 26.8 Å². The number of nitrogens with one attached hydrogen (secondary N) is 2. The molecule has 0 radical (unpaired) electrons.